The Hall–Kier alpha value is -3.34. The van der Waals surface area contributed by atoms with E-state index in [-0.39, 0.29) is 11.1 Å². The second kappa shape index (κ2) is 5.09. The Labute approximate surface area is 137 Å². The van der Waals surface area contributed by atoms with Crippen LogP contribution in [-0.2, 0) is 6.54 Å². The number of aromatic nitrogens is 1. The first kappa shape index (κ1) is 14.3. The molecule has 24 heavy (non-hydrogen) atoms. The van der Waals surface area contributed by atoms with E-state index in [0.29, 0.717) is 23.5 Å². The topological polar surface area (TPSA) is 79.5 Å². The van der Waals surface area contributed by atoms with E-state index >= 15 is 0 Å². The van der Waals surface area contributed by atoms with Crippen molar-refractivity contribution in [2.24, 2.45) is 0 Å². The zero-order chi connectivity index (χ0) is 16.8. The van der Waals surface area contributed by atoms with E-state index in [1.54, 1.807) is 16.7 Å². The molecular weight excluding hydrogens is 306 g/mol. The largest absolute Gasteiger partial charge is 0.478 e. The summed E-state index contributed by atoms with van der Waals surface area (Å²) < 4.78 is 1.80. The zero-order valence-corrected chi connectivity index (χ0v) is 12.6. The summed E-state index contributed by atoms with van der Waals surface area (Å²) in [4.78, 5) is 23.7. The van der Waals surface area contributed by atoms with Crippen molar-refractivity contribution in [3.8, 4) is 22.5 Å². The van der Waals surface area contributed by atoms with Crippen molar-refractivity contribution in [3.05, 3.63) is 71.3 Å². The fourth-order valence-corrected chi connectivity index (χ4v) is 3.43. The second-order valence-electron chi connectivity index (χ2n) is 5.67. The van der Waals surface area contributed by atoms with E-state index in [9.17, 15) is 19.8 Å². The quantitative estimate of drug-likeness (QED) is 0.605. The number of carboxylic acid groups (broad SMARTS) is 2. The van der Waals surface area contributed by atoms with Crippen LogP contribution in [0, 0.1) is 0 Å². The Kier molecular flexibility index (Phi) is 3.03. The first-order chi connectivity index (χ1) is 11.6. The van der Waals surface area contributed by atoms with E-state index in [1.807, 2.05) is 42.5 Å². The predicted molar refractivity (Wildman–Crippen MR) is 88.3 cm³/mol. The van der Waals surface area contributed by atoms with Gasteiger partial charge in [0.25, 0.3) is 0 Å². The van der Waals surface area contributed by atoms with Gasteiger partial charge in [0.15, 0.2) is 0 Å². The highest BCUT2D eigenvalue weighted by Gasteiger charge is 2.35. The van der Waals surface area contributed by atoms with E-state index in [4.69, 9.17) is 0 Å². The summed E-state index contributed by atoms with van der Waals surface area (Å²) in [6.45, 7) is 0.462. The normalized spacial score (nSPS) is 11.8. The molecule has 5 heteroatoms. The molecule has 0 saturated carbocycles. The first-order valence-electron chi connectivity index (χ1n) is 7.46. The van der Waals surface area contributed by atoms with E-state index in [0.717, 1.165) is 11.1 Å². The predicted octanol–water partition coefficient (Wildman–Crippen LogP) is 3.58. The van der Waals surface area contributed by atoms with Gasteiger partial charge in [-0.25, -0.2) is 9.59 Å². The second-order valence-corrected chi connectivity index (χ2v) is 5.67. The van der Waals surface area contributed by atoms with E-state index in [1.165, 1.54) is 0 Å². The number of hydrogen-bond donors (Lipinski definition) is 2. The number of nitrogens with zero attached hydrogens (tertiary/aromatic N) is 1. The minimum Gasteiger partial charge on any atom is -0.478 e. The Bertz CT molecular complexity index is 971. The van der Waals surface area contributed by atoms with Crippen molar-refractivity contribution in [2.45, 2.75) is 6.54 Å². The van der Waals surface area contributed by atoms with Crippen LogP contribution in [0.1, 0.15) is 26.3 Å². The van der Waals surface area contributed by atoms with Crippen LogP contribution in [-0.4, -0.2) is 26.7 Å². The summed E-state index contributed by atoms with van der Waals surface area (Å²) >= 11 is 0. The Morgan fingerprint density at radius 1 is 0.792 bits per heavy atom. The van der Waals surface area contributed by atoms with Gasteiger partial charge in [0.05, 0.1) is 11.4 Å². The molecule has 1 aliphatic rings. The smallest absolute Gasteiger partial charge is 0.338 e. The van der Waals surface area contributed by atoms with Crippen molar-refractivity contribution in [1.29, 1.82) is 0 Å². The van der Waals surface area contributed by atoms with Gasteiger partial charge in [-0.15, -0.1) is 0 Å². The molecular formula is C19H13NO4. The SMILES string of the molecule is O=C(O)c1c(C(=O)O)c2n(c1-c1ccccc1)Cc1ccccc1-2. The van der Waals surface area contributed by atoms with Crippen LogP contribution in [0.2, 0.25) is 0 Å². The molecule has 0 aliphatic carbocycles. The molecule has 0 spiro atoms. The van der Waals surface area contributed by atoms with E-state index in [2.05, 4.69) is 0 Å². The van der Waals surface area contributed by atoms with Gasteiger partial charge in [-0.05, 0) is 11.1 Å². The maximum Gasteiger partial charge on any atom is 0.338 e. The molecule has 5 nitrogen and oxygen atoms in total. The summed E-state index contributed by atoms with van der Waals surface area (Å²) in [6.07, 6.45) is 0. The summed E-state index contributed by atoms with van der Waals surface area (Å²) in [5, 5.41) is 19.4. The van der Waals surface area contributed by atoms with Gasteiger partial charge in [-0.2, -0.15) is 0 Å². The third-order valence-corrected chi connectivity index (χ3v) is 4.34. The van der Waals surface area contributed by atoms with Crippen LogP contribution in [0.4, 0.5) is 0 Å². The van der Waals surface area contributed by atoms with Crippen molar-refractivity contribution < 1.29 is 19.8 Å². The molecule has 4 rings (SSSR count). The molecule has 2 aromatic carbocycles. The van der Waals surface area contributed by atoms with Gasteiger partial charge in [-0.3, -0.25) is 0 Å². The highest BCUT2D eigenvalue weighted by atomic mass is 16.4. The molecule has 118 valence electrons. The lowest BCUT2D eigenvalue weighted by Crippen LogP contribution is -2.08. The standard InChI is InChI=1S/C19H13NO4/c21-18(22)14-15(19(23)24)17-13-9-5-4-8-12(13)10-20(17)16(14)11-6-2-1-3-7-11/h1-9H,10H2,(H,21,22)(H,23,24). The van der Waals surface area contributed by atoms with Crippen molar-refractivity contribution >= 4 is 11.9 Å². The molecule has 0 fully saturated rings. The lowest BCUT2D eigenvalue weighted by molar-refractivity contribution is 0.0654. The first-order valence-corrected chi connectivity index (χ1v) is 7.46. The van der Waals surface area contributed by atoms with Gasteiger partial charge >= 0.3 is 11.9 Å². The number of aromatic carboxylic acids is 2. The summed E-state index contributed by atoms with van der Waals surface area (Å²) in [5.74, 6) is -2.46. The van der Waals surface area contributed by atoms with Crippen molar-refractivity contribution in [2.75, 3.05) is 0 Å². The molecule has 0 atom stereocenters. The van der Waals surface area contributed by atoms with Crippen LogP contribution in [0.15, 0.2) is 54.6 Å². The molecule has 2 N–H and O–H groups in total. The van der Waals surface area contributed by atoms with Crippen LogP contribution in [0.25, 0.3) is 22.5 Å². The molecule has 2 heterocycles. The average Bonchev–Trinajstić information content (AvgIpc) is 3.09. The molecule has 0 radical (unpaired) electrons. The third-order valence-electron chi connectivity index (χ3n) is 4.34. The fourth-order valence-electron chi connectivity index (χ4n) is 3.43. The highest BCUT2D eigenvalue weighted by molar-refractivity contribution is 6.11. The van der Waals surface area contributed by atoms with E-state index < -0.39 is 11.9 Å². The zero-order valence-electron chi connectivity index (χ0n) is 12.6. The van der Waals surface area contributed by atoms with Crippen LogP contribution < -0.4 is 0 Å². The lowest BCUT2D eigenvalue weighted by Gasteiger charge is -2.08. The minimum atomic E-state index is -1.23. The molecule has 0 saturated heterocycles. The molecule has 0 unspecified atom stereocenters. The number of fused-ring (bicyclic) bond motifs is 3. The van der Waals surface area contributed by atoms with Crippen LogP contribution in [0.3, 0.4) is 0 Å². The number of hydrogen-bond acceptors (Lipinski definition) is 2. The van der Waals surface area contributed by atoms with Crippen molar-refractivity contribution in [3.63, 3.8) is 0 Å². The Morgan fingerprint density at radius 3 is 2.04 bits per heavy atom. The lowest BCUT2D eigenvalue weighted by atomic mass is 9.99. The number of benzene rings is 2. The maximum atomic E-state index is 11.9. The van der Waals surface area contributed by atoms with Gasteiger partial charge in [0, 0.05) is 12.1 Å². The molecule has 1 aromatic heterocycles. The average molecular weight is 319 g/mol. The summed E-state index contributed by atoms with van der Waals surface area (Å²) in [6, 6.07) is 16.5. The molecule has 0 bridgehead atoms. The van der Waals surface area contributed by atoms with Crippen LogP contribution >= 0.6 is 0 Å². The molecule has 3 aromatic rings. The fraction of sp³-hybridized carbons (Fsp3) is 0.0526. The van der Waals surface area contributed by atoms with Gasteiger partial charge in [0.2, 0.25) is 0 Å². The number of rotatable bonds is 3. The van der Waals surface area contributed by atoms with Gasteiger partial charge in [-0.1, -0.05) is 54.6 Å². The highest BCUT2D eigenvalue weighted by Crippen LogP contribution is 2.43. The monoisotopic (exact) mass is 319 g/mol. The molecule has 1 aliphatic heterocycles. The summed E-state index contributed by atoms with van der Waals surface area (Å²) in [5.41, 5.74) is 3.06. The number of carboxylic acids is 2. The Morgan fingerprint density at radius 2 is 1.38 bits per heavy atom. The van der Waals surface area contributed by atoms with Crippen molar-refractivity contribution in [1.82, 2.24) is 4.57 Å². The van der Waals surface area contributed by atoms with Gasteiger partial charge in [0.1, 0.15) is 11.1 Å². The third kappa shape index (κ3) is 1.88. The Balaban J connectivity index is 2.13. The van der Waals surface area contributed by atoms with Crippen LogP contribution in [0.5, 0.6) is 0 Å². The molecule has 0 amide bonds. The maximum absolute atomic E-state index is 11.9. The summed E-state index contributed by atoms with van der Waals surface area (Å²) in [7, 11) is 0. The van der Waals surface area contributed by atoms with Gasteiger partial charge < -0.3 is 14.8 Å². The minimum absolute atomic E-state index is 0.147. The number of carbonyl (C=O) groups is 2.